The van der Waals surface area contributed by atoms with Crippen LogP contribution in [0.2, 0.25) is 0 Å². The van der Waals surface area contributed by atoms with E-state index in [-0.39, 0.29) is 0 Å². The van der Waals surface area contributed by atoms with Crippen molar-refractivity contribution in [1.29, 1.82) is 0 Å². The first-order chi connectivity index (χ1) is 7.11. The first-order valence-electron chi connectivity index (χ1n) is 5.31. The van der Waals surface area contributed by atoms with Crippen LogP contribution in [0.25, 0.3) is 0 Å². The van der Waals surface area contributed by atoms with E-state index in [2.05, 4.69) is 19.2 Å². The molecular formula is C12H17F2N. The Balaban J connectivity index is 2.50. The molecule has 0 aliphatic carbocycles. The van der Waals surface area contributed by atoms with Gasteiger partial charge < -0.3 is 5.32 Å². The molecule has 0 fully saturated rings. The molecule has 1 aromatic rings. The summed E-state index contributed by atoms with van der Waals surface area (Å²) in [6, 6.07) is 3.49. The van der Waals surface area contributed by atoms with Crippen molar-refractivity contribution < 1.29 is 8.78 Å². The van der Waals surface area contributed by atoms with Crippen molar-refractivity contribution in [3.8, 4) is 0 Å². The monoisotopic (exact) mass is 213 g/mol. The average Bonchev–Trinajstić information content (AvgIpc) is 2.14. The largest absolute Gasteiger partial charge is 0.385 e. The number of hydrogen-bond acceptors (Lipinski definition) is 1. The van der Waals surface area contributed by atoms with Crippen LogP contribution in [0, 0.1) is 17.6 Å². The molecule has 1 unspecified atom stereocenters. The summed E-state index contributed by atoms with van der Waals surface area (Å²) in [5, 5.41) is 3.03. The van der Waals surface area contributed by atoms with Crippen molar-refractivity contribution in [3.05, 3.63) is 29.8 Å². The van der Waals surface area contributed by atoms with Gasteiger partial charge in [0.2, 0.25) is 0 Å². The molecule has 0 aliphatic rings. The summed E-state index contributed by atoms with van der Waals surface area (Å²) >= 11 is 0. The third kappa shape index (κ3) is 4.28. The molecule has 1 nitrogen and oxygen atoms in total. The van der Waals surface area contributed by atoms with Gasteiger partial charge in [-0.05, 0) is 24.5 Å². The maximum absolute atomic E-state index is 12.8. The van der Waals surface area contributed by atoms with E-state index in [9.17, 15) is 8.78 Å². The van der Waals surface area contributed by atoms with Gasteiger partial charge in [0.15, 0.2) is 0 Å². The third-order valence-electron chi connectivity index (χ3n) is 2.30. The zero-order chi connectivity index (χ0) is 11.3. The smallest absolute Gasteiger partial charge is 0.128 e. The molecule has 0 bridgehead atoms. The van der Waals surface area contributed by atoms with Crippen LogP contribution in [0.15, 0.2) is 18.2 Å². The van der Waals surface area contributed by atoms with E-state index in [1.54, 1.807) is 0 Å². The van der Waals surface area contributed by atoms with Crippen LogP contribution in [0.5, 0.6) is 0 Å². The number of rotatable bonds is 5. The second-order valence-corrected chi connectivity index (χ2v) is 3.93. The zero-order valence-corrected chi connectivity index (χ0v) is 9.19. The first-order valence-corrected chi connectivity index (χ1v) is 5.31. The summed E-state index contributed by atoms with van der Waals surface area (Å²) in [6.07, 6.45) is 2.24. The number of benzene rings is 1. The Labute approximate surface area is 89.5 Å². The Bertz CT molecular complexity index is 292. The van der Waals surface area contributed by atoms with Crippen molar-refractivity contribution in [3.63, 3.8) is 0 Å². The molecule has 1 aromatic carbocycles. The number of nitrogens with one attached hydrogen (secondary N) is 1. The lowest BCUT2D eigenvalue weighted by Crippen LogP contribution is -2.11. The van der Waals surface area contributed by atoms with Gasteiger partial charge in [-0.25, -0.2) is 8.78 Å². The molecule has 0 spiro atoms. The highest BCUT2D eigenvalue weighted by Crippen LogP contribution is 2.14. The van der Waals surface area contributed by atoms with Gasteiger partial charge in [0.25, 0.3) is 0 Å². The van der Waals surface area contributed by atoms with Gasteiger partial charge in [-0.2, -0.15) is 0 Å². The summed E-state index contributed by atoms with van der Waals surface area (Å²) in [4.78, 5) is 0. The lowest BCUT2D eigenvalue weighted by atomic mass is 10.1. The van der Waals surface area contributed by atoms with Crippen LogP contribution in [-0.2, 0) is 0 Å². The van der Waals surface area contributed by atoms with E-state index < -0.39 is 11.6 Å². The van der Waals surface area contributed by atoms with Gasteiger partial charge >= 0.3 is 0 Å². The van der Waals surface area contributed by atoms with Gasteiger partial charge in [0.05, 0.1) is 0 Å². The normalized spacial score (nSPS) is 12.5. The minimum atomic E-state index is -0.541. The van der Waals surface area contributed by atoms with E-state index in [1.807, 2.05) is 0 Å². The van der Waals surface area contributed by atoms with E-state index in [4.69, 9.17) is 0 Å². The standard InChI is InChI=1S/C12H17F2N/c1-3-4-9(2)8-15-12-6-10(13)5-11(14)7-12/h5-7,9,15H,3-4,8H2,1-2H3. The van der Waals surface area contributed by atoms with Gasteiger partial charge in [0, 0.05) is 18.3 Å². The Kier molecular flexibility index (Phi) is 4.53. The van der Waals surface area contributed by atoms with Crippen molar-refractivity contribution in [2.45, 2.75) is 26.7 Å². The lowest BCUT2D eigenvalue weighted by molar-refractivity contribution is 0.549. The van der Waals surface area contributed by atoms with Crippen molar-refractivity contribution in [2.24, 2.45) is 5.92 Å². The van der Waals surface area contributed by atoms with Crippen LogP contribution in [-0.4, -0.2) is 6.54 Å². The van der Waals surface area contributed by atoms with Crippen molar-refractivity contribution >= 4 is 5.69 Å². The molecule has 1 rings (SSSR count). The predicted molar refractivity (Wildman–Crippen MR) is 58.9 cm³/mol. The van der Waals surface area contributed by atoms with Crippen LogP contribution in [0.3, 0.4) is 0 Å². The number of hydrogen-bond donors (Lipinski definition) is 1. The summed E-state index contributed by atoms with van der Waals surface area (Å²) in [7, 11) is 0. The maximum atomic E-state index is 12.8. The molecule has 3 heteroatoms. The molecule has 0 radical (unpaired) electrons. The summed E-state index contributed by atoms with van der Waals surface area (Å²) < 4.78 is 25.6. The van der Waals surface area contributed by atoms with Gasteiger partial charge in [-0.1, -0.05) is 20.3 Å². The molecule has 0 saturated carbocycles. The first kappa shape index (κ1) is 12.0. The summed E-state index contributed by atoms with van der Waals surface area (Å²) in [5.41, 5.74) is 0.510. The highest BCUT2D eigenvalue weighted by molar-refractivity contribution is 5.43. The molecule has 84 valence electrons. The second kappa shape index (κ2) is 5.69. The highest BCUT2D eigenvalue weighted by atomic mass is 19.1. The van der Waals surface area contributed by atoms with Gasteiger partial charge in [-0.3, -0.25) is 0 Å². The number of halogens is 2. The van der Waals surface area contributed by atoms with Crippen LogP contribution >= 0.6 is 0 Å². The fraction of sp³-hybridized carbons (Fsp3) is 0.500. The second-order valence-electron chi connectivity index (χ2n) is 3.93. The quantitative estimate of drug-likeness (QED) is 0.784. The Morgan fingerprint density at radius 3 is 2.33 bits per heavy atom. The van der Waals surface area contributed by atoms with E-state index in [0.29, 0.717) is 11.6 Å². The van der Waals surface area contributed by atoms with Crippen LogP contribution in [0.1, 0.15) is 26.7 Å². The molecule has 0 saturated heterocycles. The summed E-state index contributed by atoms with van der Waals surface area (Å²) in [5.74, 6) is -0.567. The zero-order valence-electron chi connectivity index (χ0n) is 9.19. The molecule has 0 aliphatic heterocycles. The molecular weight excluding hydrogens is 196 g/mol. The van der Waals surface area contributed by atoms with E-state index in [1.165, 1.54) is 12.1 Å². The maximum Gasteiger partial charge on any atom is 0.128 e. The van der Waals surface area contributed by atoms with Crippen LogP contribution in [0.4, 0.5) is 14.5 Å². The molecule has 15 heavy (non-hydrogen) atoms. The average molecular weight is 213 g/mol. The molecule has 1 atom stereocenters. The third-order valence-corrected chi connectivity index (χ3v) is 2.30. The number of anilines is 1. The molecule has 0 amide bonds. The highest BCUT2D eigenvalue weighted by Gasteiger charge is 2.03. The fourth-order valence-electron chi connectivity index (χ4n) is 1.54. The topological polar surface area (TPSA) is 12.0 Å². The van der Waals surface area contributed by atoms with Crippen molar-refractivity contribution in [2.75, 3.05) is 11.9 Å². The molecule has 0 aromatic heterocycles. The fourth-order valence-corrected chi connectivity index (χ4v) is 1.54. The Hall–Kier alpha value is -1.12. The minimum absolute atomic E-state index is 0.510. The van der Waals surface area contributed by atoms with Gasteiger partial charge in [0.1, 0.15) is 11.6 Å². The lowest BCUT2D eigenvalue weighted by Gasteiger charge is -2.12. The van der Waals surface area contributed by atoms with Crippen LogP contribution < -0.4 is 5.32 Å². The van der Waals surface area contributed by atoms with Gasteiger partial charge in [-0.15, -0.1) is 0 Å². The molecule has 0 heterocycles. The SMILES string of the molecule is CCCC(C)CNc1cc(F)cc(F)c1. The molecule has 1 N–H and O–H groups in total. The van der Waals surface area contributed by atoms with E-state index in [0.717, 1.165) is 25.5 Å². The Morgan fingerprint density at radius 2 is 1.80 bits per heavy atom. The minimum Gasteiger partial charge on any atom is -0.385 e. The van der Waals surface area contributed by atoms with E-state index >= 15 is 0 Å². The summed E-state index contributed by atoms with van der Waals surface area (Å²) in [6.45, 7) is 4.99. The van der Waals surface area contributed by atoms with Crippen molar-refractivity contribution in [1.82, 2.24) is 0 Å². The Morgan fingerprint density at radius 1 is 1.20 bits per heavy atom. The predicted octanol–water partition coefficient (Wildman–Crippen LogP) is 3.81.